The Labute approximate surface area is 498 Å². The third-order valence-corrected chi connectivity index (χ3v) is 22.2. The summed E-state index contributed by atoms with van der Waals surface area (Å²) < 4.78 is 0. The third-order valence-electron chi connectivity index (χ3n) is 22.2. The molecule has 0 amide bonds. The monoisotopic (exact) mass is 1090 g/mol. The highest BCUT2D eigenvalue weighted by Crippen LogP contribution is 2.57. The third kappa shape index (κ3) is 8.09. The minimum absolute atomic E-state index is 0.00337. The predicted octanol–water partition coefficient (Wildman–Crippen LogP) is 19.9. The predicted molar refractivity (Wildman–Crippen MR) is 357 cm³/mol. The van der Waals surface area contributed by atoms with Crippen molar-refractivity contribution < 1.29 is 0 Å². The van der Waals surface area contributed by atoms with Gasteiger partial charge in [0.15, 0.2) is 0 Å². The Morgan fingerprint density at radius 2 is 0.723 bits per heavy atom. The van der Waals surface area contributed by atoms with E-state index in [4.69, 9.17) is 0 Å². The molecule has 0 fully saturated rings. The highest BCUT2D eigenvalue weighted by atomic mass is 15.2. The minimum atomic E-state index is -0.214. The van der Waals surface area contributed by atoms with Gasteiger partial charge in [0.1, 0.15) is 0 Å². The second-order valence-electron chi connectivity index (χ2n) is 31.8. The van der Waals surface area contributed by atoms with Gasteiger partial charge in [-0.25, -0.2) is 0 Å². The first-order valence-electron chi connectivity index (χ1n) is 31.5. The number of rotatable bonds is 5. The summed E-state index contributed by atoms with van der Waals surface area (Å²) in [6.45, 7) is 42.0. The van der Waals surface area contributed by atoms with E-state index >= 15 is 0 Å². The molecule has 4 heteroatoms. The van der Waals surface area contributed by atoms with Crippen molar-refractivity contribution in [2.24, 2.45) is 0 Å². The fraction of sp³-hybridized carbons (Fsp3) is 0.392. The van der Waals surface area contributed by atoms with Crippen molar-refractivity contribution in [1.82, 2.24) is 0 Å². The molecule has 0 unspecified atom stereocenters. The van der Waals surface area contributed by atoms with Gasteiger partial charge in [0, 0.05) is 50.9 Å². The lowest BCUT2D eigenvalue weighted by atomic mass is 9.32. The molecule has 83 heavy (non-hydrogen) atoms. The molecule has 6 aliphatic rings. The van der Waals surface area contributed by atoms with Crippen LogP contribution in [-0.4, -0.2) is 6.71 Å². The van der Waals surface area contributed by atoms with Crippen LogP contribution in [0.4, 0.5) is 51.2 Å². The van der Waals surface area contributed by atoms with Crippen molar-refractivity contribution in [3.63, 3.8) is 0 Å². The van der Waals surface area contributed by atoms with Gasteiger partial charge in [-0.3, -0.25) is 0 Å². The van der Waals surface area contributed by atoms with Gasteiger partial charge in [-0.15, -0.1) is 0 Å². The first-order chi connectivity index (χ1) is 39.0. The van der Waals surface area contributed by atoms with E-state index < -0.39 is 0 Å². The summed E-state index contributed by atoms with van der Waals surface area (Å²) >= 11 is 0. The van der Waals surface area contributed by atoms with Crippen molar-refractivity contribution in [2.45, 2.75) is 200 Å². The van der Waals surface area contributed by atoms with Gasteiger partial charge < -0.3 is 14.7 Å². The molecule has 0 aromatic heterocycles. The maximum Gasteiger partial charge on any atom is 0.252 e. The SMILES string of the molecule is CC(C)(C)c1ccc2c(c1)C(C)(C)c1cc(N3c4cc5c(cc4B4c6cc7c(cc6N(c6ccc8c(c6)C(C)(C)CCC8(C)C)c6cc(N(c8ccccc8)c8ccccc8)cc3c64)C(C)(C)CCC7(C)C)C(C)(C)CCC5(C)C)ccc1-2. The molecule has 0 saturated carbocycles. The zero-order valence-electron chi connectivity index (χ0n) is 53.1. The summed E-state index contributed by atoms with van der Waals surface area (Å²) in [5, 5.41) is 0. The summed E-state index contributed by atoms with van der Waals surface area (Å²) in [6, 6.07) is 60.7. The first-order valence-corrected chi connectivity index (χ1v) is 31.5. The molecule has 0 bridgehead atoms. The van der Waals surface area contributed by atoms with Gasteiger partial charge in [0.05, 0.1) is 5.69 Å². The molecule has 8 aromatic carbocycles. The van der Waals surface area contributed by atoms with Crippen molar-refractivity contribution >= 4 is 74.3 Å². The Bertz CT molecular complexity index is 3970. The number of hydrogen-bond donors (Lipinski definition) is 0. The van der Waals surface area contributed by atoms with Crippen LogP contribution in [0, 0.1) is 0 Å². The van der Waals surface area contributed by atoms with E-state index in [0.29, 0.717) is 0 Å². The molecule has 2 heterocycles. The minimum Gasteiger partial charge on any atom is -0.311 e. The molecule has 2 aliphatic heterocycles. The topological polar surface area (TPSA) is 9.72 Å². The van der Waals surface area contributed by atoms with Crippen molar-refractivity contribution in [1.29, 1.82) is 0 Å². The van der Waals surface area contributed by atoms with E-state index in [2.05, 4.69) is 284 Å². The van der Waals surface area contributed by atoms with E-state index in [0.717, 1.165) is 49.2 Å². The van der Waals surface area contributed by atoms with Gasteiger partial charge in [-0.2, -0.15) is 0 Å². The largest absolute Gasteiger partial charge is 0.311 e. The normalized spacial score (nSPS) is 19.9. The molecule has 0 atom stereocenters. The number of anilines is 9. The van der Waals surface area contributed by atoms with Gasteiger partial charge in [-0.05, 0) is 227 Å². The zero-order chi connectivity index (χ0) is 58.5. The van der Waals surface area contributed by atoms with Crippen molar-refractivity contribution in [2.75, 3.05) is 14.7 Å². The van der Waals surface area contributed by atoms with Crippen LogP contribution in [0.25, 0.3) is 11.1 Å². The van der Waals surface area contributed by atoms with Crippen LogP contribution >= 0.6 is 0 Å². The molecule has 0 radical (unpaired) electrons. The molecule has 0 N–H and O–H groups in total. The fourth-order valence-electron chi connectivity index (χ4n) is 16.4. The Morgan fingerprint density at radius 1 is 0.349 bits per heavy atom. The lowest BCUT2D eigenvalue weighted by Gasteiger charge is -2.49. The smallest absolute Gasteiger partial charge is 0.252 e. The quantitative estimate of drug-likeness (QED) is 0.159. The lowest BCUT2D eigenvalue weighted by Crippen LogP contribution is -2.62. The molecular formula is C79H88BN3. The molecular weight excluding hydrogens is 1000 g/mol. The highest BCUT2D eigenvalue weighted by Gasteiger charge is 2.50. The van der Waals surface area contributed by atoms with Crippen LogP contribution in [0.2, 0.25) is 0 Å². The number of benzene rings is 8. The van der Waals surface area contributed by atoms with Gasteiger partial charge >= 0.3 is 0 Å². The summed E-state index contributed by atoms with van der Waals surface area (Å²) in [7, 11) is 0. The Kier molecular flexibility index (Phi) is 11.5. The molecule has 8 aromatic rings. The van der Waals surface area contributed by atoms with E-state index in [1.165, 1.54) is 118 Å². The molecule has 422 valence electrons. The van der Waals surface area contributed by atoms with Crippen LogP contribution in [0.3, 0.4) is 0 Å². The molecule has 14 rings (SSSR count). The maximum absolute atomic E-state index is 2.75. The Hall–Kier alpha value is -6.78. The fourth-order valence-corrected chi connectivity index (χ4v) is 16.4. The lowest BCUT2D eigenvalue weighted by molar-refractivity contribution is 0.332. The first kappa shape index (κ1) is 54.2. The Morgan fingerprint density at radius 3 is 1.17 bits per heavy atom. The number of hydrogen-bond acceptors (Lipinski definition) is 3. The van der Waals surface area contributed by atoms with Crippen LogP contribution in [0.5, 0.6) is 0 Å². The van der Waals surface area contributed by atoms with Gasteiger partial charge in [0.25, 0.3) is 6.71 Å². The number of para-hydroxylation sites is 2. The van der Waals surface area contributed by atoms with E-state index in [-0.39, 0.29) is 50.0 Å². The second kappa shape index (κ2) is 17.7. The van der Waals surface area contributed by atoms with Crippen LogP contribution in [-0.2, 0) is 43.3 Å². The van der Waals surface area contributed by atoms with E-state index in [9.17, 15) is 0 Å². The molecule has 0 spiro atoms. The average molecular weight is 1090 g/mol. The van der Waals surface area contributed by atoms with Crippen LogP contribution < -0.4 is 31.1 Å². The van der Waals surface area contributed by atoms with E-state index in [1.54, 1.807) is 0 Å². The number of nitrogens with zero attached hydrogens (tertiary/aromatic N) is 3. The van der Waals surface area contributed by atoms with Crippen molar-refractivity contribution in [3.05, 3.63) is 202 Å². The van der Waals surface area contributed by atoms with E-state index in [1.807, 2.05) is 0 Å². The van der Waals surface area contributed by atoms with Crippen molar-refractivity contribution in [3.8, 4) is 11.1 Å². The van der Waals surface area contributed by atoms with Crippen LogP contribution in [0.15, 0.2) is 152 Å². The summed E-state index contributed by atoms with van der Waals surface area (Å²) in [5.74, 6) is 0. The summed E-state index contributed by atoms with van der Waals surface area (Å²) in [4.78, 5) is 8.01. The zero-order valence-corrected chi connectivity index (χ0v) is 53.1. The highest BCUT2D eigenvalue weighted by molar-refractivity contribution is 7.00. The van der Waals surface area contributed by atoms with Gasteiger partial charge in [0.2, 0.25) is 0 Å². The molecule has 4 aliphatic carbocycles. The van der Waals surface area contributed by atoms with Gasteiger partial charge in [-0.1, -0.05) is 197 Å². The van der Waals surface area contributed by atoms with Crippen LogP contribution in [0.1, 0.15) is 206 Å². The molecule has 3 nitrogen and oxygen atoms in total. The standard InChI is InChI=1S/C79H88BN3/c1-72(2,3)49-28-31-55-56-32-29-52(41-59(56)79(16,17)58(55)40-49)82-67-47-63-61(75(8,9)36-38-77(63,12)13)45-65(67)80-66-46-62-64(78(14,15)39-37-76(62,10)11)48-68(66)83(53-30-33-57-60(42-53)74(6,7)35-34-73(57,4)5)70-44-54(43-69(82)71(70)80)81(50-24-20-18-21-25-50)51-26-22-19-23-27-51/h18-33,40-48H,34-39H2,1-17H3. The molecule has 0 saturated heterocycles. The maximum atomic E-state index is 2.75. The summed E-state index contributed by atoms with van der Waals surface area (Å²) in [6.07, 6.45) is 6.95. The Balaban J connectivity index is 1.14. The summed E-state index contributed by atoms with van der Waals surface area (Å²) in [5.41, 5.74) is 31.0. The second-order valence-corrected chi connectivity index (χ2v) is 31.8. The number of fused-ring (bicyclic) bond motifs is 10. The average Bonchev–Trinajstić information content (AvgIpc) is 1.26.